The summed E-state index contributed by atoms with van der Waals surface area (Å²) in [6.07, 6.45) is 0. The SMILES string of the molecule is CC1=C(C(C)C)C(Cl)([Si]C2(Cl)C(C(C)C)=C(C)c3c(-c4ccccc4)cccc32)c2cccc(-c3ccccc3)c21. The van der Waals surface area contributed by atoms with Gasteiger partial charge in [-0.25, -0.2) is 0 Å². The molecule has 2 radical (unpaired) electrons. The van der Waals surface area contributed by atoms with Crippen LogP contribution in [0.15, 0.2) is 108 Å². The lowest BCUT2D eigenvalue weighted by molar-refractivity contribution is 0.688. The van der Waals surface area contributed by atoms with Gasteiger partial charge in [0.05, 0.1) is 8.99 Å². The Labute approximate surface area is 258 Å². The fourth-order valence-corrected chi connectivity index (χ4v) is 11.9. The number of hydrogen-bond donors (Lipinski definition) is 0. The Morgan fingerprint density at radius 1 is 0.512 bits per heavy atom. The monoisotopic (exact) mass is 590 g/mol. The summed E-state index contributed by atoms with van der Waals surface area (Å²) in [5, 5.41) is 0. The third-order valence-electron chi connectivity index (χ3n) is 8.84. The number of allylic oxidation sites excluding steroid dienone is 4. The molecule has 3 heteroatoms. The quantitative estimate of drug-likeness (QED) is 0.155. The van der Waals surface area contributed by atoms with Gasteiger partial charge < -0.3 is 0 Å². The van der Waals surface area contributed by atoms with Gasteiger partial charge in [-0.15, -0.1) is 23.2 Å². The van der Waals surface area contributed by atoms with Gasteiger partial charge in [0.1, 0.15) is 9.52 Å². The zero-order chi connectivity index (χ0) is 29.1. The highest BCUT2D eigenvalue weighted by Gasteiger charge is 2.54. The first-order valence-electron chi connectivity index (χ1n) is 14.6. The van der Waals surface area contributed by atoms with Crippen LogP contribution in [0.3, 0.4) is 0 Å². The highest BCUT2D eigenvalue weighted by molar-refractivity contribution is 6.70. The summed E-state index contributed by atoms with van der Waals surface area (Å²) in [6.45, 7) is 13.6. The van der Waals surface area contributed by atoms with E-state index in [-0.39, 0.29) is 21.4 Å². The Balaban J connectivity index is 1.58. The molecule has 0 spiro atoms. The summed E-state index contributed by atoms with van der Waals surface area (Å²) in [5.74, 6) is 0.556. The standard InChI is InChI=1S/C38H36Cl2Si/c1-23(2)35-25(5)33-29(27-15-9-7-10-16-27)19-13-21-31(33)37(35,39)41-38(40)32-22-14-20-30(28-17-11-8-12-18-28)34(32)26(6)36(38)24(3)4/h7-24H,1-6H3. The minimum Gasteiger partial charge on any atom is -0.114 e. The normalized spacial score (nSPS) is 21.7. The molecule has 0 N–H and O–H groups in total. The number of hydrogen-bond acceptors (Lipinski definition) is 0. The van der Waals surface area contributed by atoms with Crippen molar-refractivity contribution in [2.75, 3.05) is 0 Å². The number of benzene rings is 4. The molecule has 2 atom stereocenters. The maximum atomic E-state index is 8.07. The summed E-state index contributed by atoms with van der Waals surface area (Å²) in [6, 6.07) is 34.6. The van der Waals surface area contributed by atoms with Gasteiger partial charge in [-0.05, 0) is 92.5 Å². The molecule has 0 aromatic heterocycles. The first-order valence-corrected chi connectivity index (χ1v) is 16.3. The van der Waals surface area contributed by atoms with E-state index < -0.39 is 8.99 Å². The Bertz CT molecular complexity index is 1570. The molecule has 0 nitrogen and oxygen atoms in total. The second-order valence-electron chi connectivity index (χ2n) is 12.0. The van der Waals surface area contributed by atoms with E-state index in [2.05, 4.69) is 139 Å². The second-order valence-corrected chi connectivity index (χ2v) is 15.5. The fourth-order valence-electron chi connectivity index (χ4n) is 7.45. The molecule has 6 rings (SSSR count). The topological polar surface area (TPSA) is 0 Å². The Kier molecular flexibility index (Phi) is 7.21. The van der Waals surface area contributed by atoms with Gasteiger partial charge in [0, 0.05) is 0 Å². The van der Waals surface area contributed by atoms with Crippen molar-refractivity contribution in [3.05, 3.63) is 130 Å². The van der Waals surface area contributed by atoms with Gasteiger partial charge in [-0.2, -0.15) is 0 Å². The van der Waals surface area contributed by atoms with Crippen molar-refractivity contribution in [1.82, 2.24) is 0 Å². The van der Waals surface area contributed by atoms with Gasteiger partial charge in [-0.3, -0.25) is 0 Å². The smallest absolute Gasteiger partial charge is 0.114 e. The predicted molar refractivity (Wildman–Crippen MR) is 179 cm³/mol. The second kappa shape index (κ2) is 10.5. The van der Waals surface area contributed by atoms with Crippen molar-refractivity contribution in [3.63, 3.8) is 0 Å². The van der Waals surface area contributed by atoms with E-state index in [9.17, 15) is 0 Å². The zero-order valence-electron chi connectivity index (χ0n) is 24.6. The summed E-state index contributed by atoms with van der Waals surface area (Å²) < 4.78 is -1.41. The van der Waals surface area contributed by atoms with Crippen LogP contribution in [-0.2, 0) is 8.99 Å². The van der Waals surface area contributed by atoms with Gasteiger partial charge in [0.15, 0.2) is 0 Å². The number of fused-ring (bicyclic) bond motifs is 2. The van der Waals surface area contributed by atoms with Crippen LogP contribution in [0.1, 0.15) is 63.8 Å². The molecule has 2 aliphatic carbocycles. The van der Waals surface area contributed by atoms with E-state index in [1.54, 1.807) is 0 Å². The molecule has 4 aromatic carbocycles. The molecule has 0 amide bonds. The molecule has 2 unspecified atom stereocenters. The largest absolute Gasteiger partial charge is 0.118 e. The van der Waals surface area contributed by atoms with E-state index in [4.69, 9.17) is 23.2 Å². The lowest BCUT2D eigenvalue weighted by Crippen LogP contribution is -2.43. The van der Waals surface area contributed by atoms with Gasteiger partial charge in [0.2, 0.25) is 0 Å². The molecule has 0 aliphatic heterocycles. The van der Waals surface area contributed by atoms with Crippen LogP contribution in [0.25, 0.3) is 33.4 Å². The summed E-state index contributed by atoms with van der Waals surface area (Å²) in [4.78, 5) is 0. The van der Waals surface area contributed by atoms with Crippen molar-refractivity contribution in [2.24, 2.45) is 11.8 Å². The van der Waals surface area contributed by atoms with Crippen LogP contribution in [0.5, 0.6) is 0 Å². The fraction of sp³-hybridized carbons (Fsp3) is 0.263. The van der Waals surface area contributed by atoms with Gasteiger partial charge >= 0.3 is 0 Å². The molecule has 0 heterocycles. The molecule has 41 heavy (non-hydrogen) atoms. The number of halogens is 2. The molecular formula is C38H36Cl2Si. The Morgan fingerprint density at radius 3 is 1.22 bits per heavy atom. The van der Waals surface area contributed by atoms with Crippen molar-refractivity contribution >= 4 is 43.9 Å². The van der Waals surface area contributed by atoms with Crippen LogP contribution >= 0.6 is 23.2 Å². The Hall–Kier alpha value is -2.84. The van der Waals surface area contributed by atoms with Crippen LogP contribution in [0.2, 0.25) is 0 Å². The summed E-state index contributed by atoms with van der Waals surface area (Å²) in [5.41, 5.74) is 15.0. The third-order valence-corrected chi connectivity index (χ3v) is 12.0. The Morgan fingerprint density at radius 2 is 0.878 bits per heavy atom. The maximum Gasteiger partial charge on any atom is 0.118 e. The number of alkyl halides is 2. The molecule has 206 valence electrons. The molecule has 4 aromatic rings. The minimum absolute atomic E-state index is 0.221. The average Bonchev–Trinajstić information content (AvgIpc) is 3.32. The lowest BCUT2D eigenvalue weighted by Gasteiger charge is -2.38. The summed E-state index contributed by atoms with van der Waals surface area (Å²) in [7, 11) is 0.221. The van der Waals surface area contributed by atoms with Crippen LogP contribution in [-0.4, -0.2) is 9.52 Å². The predicted octanol–water partition coefficient (Wildman–Crippen LogP) is 11.1. The van der Waals surface area contributed by atoms with Gasteiger partial charge in [0.25, 0.3) is 0 Å². The average molecular weight is 592 g/mol. The highest BCUT2D eigenvalue weighted by atomic mass is 35.5. The first kappa shape index (κ1) is 28.3. The molecule has 0 fully saturated rings. The molecular weight excluding hydrogens is 555 g/mol. The maximum absolute atomic E-state index is 8.07. The van der Waals surface area contributed by atoms with E-state index >= 15 is 0 Å². The molecule has 2 aliphatic rings. The van der Waals surface area contributed by atoms with E-state index in [1.807, 2.05) is 0 Å². The highest BCUT2D eigenvalue weighted by Crippen LogP contribution is 2.60. The minimum atomic E-state index is -0.703. The van der Waals surface area contributed by atoms with Crippen molar-refractivity contribution in [3.8, 4) is 22.3 Å². The molecule has 0 bridgehead atoms. The van der Waals surface area contributed by atoms with Crippen molar-refractivity contribution < 1.29 is 0 Å². The zero-order valence-corrected chi connectivity index (χ0v) is 27.2. The van der Waals surface area contributed by atoms with E-state index in [0.717, 1.165) is 0 Å². The number of rotatable bonds is 6. The van der Waals surface area contributed by atoms with Crippen molar-refractivity contribution in [1.29, 1.82) is 0 Å². The van der Waals surface area contributed by atoms with Gasteiger partial charge in [-0.1, -0.05) is 125 Å². The van der Waals surface area contributed by atoms with E-state index in [0.29, 0.717) is 0 Å². The van der Waals surface area contributed by atoms with Crippen LogP contribution in [0.4, 0.5) is 0 Å². The van der Waals surface area contributed by atoms with E-state index in [1.165, 1.54) is 66.8 Å². The first-order chi connectivity index (χ1) is 19.6. The van der Waals surface area contributed by atoms with Crippen molar-refractivity contribution in [2.45, 2.75) is 50.5 Å². The molecule has 0 saturated carbocycles. The lowest BCUT2D eigenvalue weighted by atomic mass is 9.94. The third kappa shape index (κ3) is 4.32. The van der Waals surface area contributed by atoms with Crippen LogP contribution < -0.4 is 0 Å². The van der Waals surface area contributed by atoms with Crippen LogP contribution in [0, 0.1) is 11.8 Å². The molecule has 0 saturated heterocycles. The summed E-state index contributed by atoms with van der Waals surface area (Å²) >= 11 is 16.1.